The van der Waals surface area contributed by atoms with E-state index in [0.29, 0.717) is 6.42 Å². The molecule has 1 aromatic heterocycles. The number of alkyl halides is 3. The minimum atomic E-state index is -1.72. The van der Waals surface area contributed by atoms with E-state index >= 15 is 0 Å². The Morgan fingerprint density at radius 2 is 1.97 bits per heavy atom. The van der Waals surface area contributed by atoms with Gasteiger partial charge in [-0.1, -0.05) is 75.9 Å². The van der Waals surface area contributed by atoms with Gasteiger partial charge in [-0.15, -0.1) is 11.3 Å². The van der Waals surface area contributed by atoms with E-state index in [1.165, 1.54) is 6.07 Å². The standard InChI is InChI=1S/C25H22Cl3N3O4S3/c1-14(12-36-38-24-30-17-7-2-3-8-20(17)37-24)18-10-19(31(18)11-21(32)33)15-5-4-6-16(9-15)22(34)23(35)29-13-25(26,27)28/h2-9,12,18-19H,10-11,13H2,1H3,(H,29,35)(H,32,33). The predicted octanol–water partition coefficient (Wildman–Crippen LogP) is 6.51. The minimum Gasteiger partial charge on any atom is -0.480 e. The minimum absolute atomic E-state index is 0.0634. The fourth-order valence-corrected chi connectivity index (χ4v) is 7.59. The Bertz CT molecular complexity index is 1360. The first-order valence-corrected chi connectivity index (χ1v) is 15.5. The van der Waals surface area contributed by atoms with E-state index < -0.39 is 21.5 Å². The van der Waals surface area contributed by atoms with Gasteiger partial charge in [-0.3, -0.25) is 19.3 Å². The number of para-hydroxylation sites is 1. The summed E-state index contributed by atoms with van der Waals surface area (Å²) in [5, 5.41) is 13.9. The number of fused-ring (bicyclic) bond motifs is 1. The van der Waals surface area contributed by atoms with Crippen LogP contribution in [0.3, 0.4) is 0 Å². The highest BCUT2D eigenvalue weighted by Gasteiger charge is 2.41. The zero-order valence-electron chi connectivity index (χ0n) is 19.9. The number of ketones is 1. The maximum atomic E-state index is 12.6. The molecule has 1 fully saturated rings. The molecule has 0 radical (unpaired) electrons. The van der Waals surface area contributed by atoms with Crippen molar-refractivity contribution < 1.29 is 19.5 Å². The van der Waals surface area contributed by atoms with Crippen molar-refractivity contribution in [2.24, 2.45) is 0 Å². The Hall–Kier alpha value is -1.79. The second-order valence-corrected chi connectivity index (χ2v) is 14.4. The summed E-state index contributed by atoms with van der Waals surface area (Å²) in [5.41, 5.74) is 2.95. The van der Waals surface area contributed by atoms with Crippen LogP contribution in [0.5, 0.6) is 0 Å². The monoisotopic (exact) mass is 629 g/mol. The highest BCUT2D eigenvalue weighted by Crippen LogP contribution is 2.44. The van der Waals surface area contributed by atoms with Crippen LogP contribution >= 0.6 is 67.7 Å². The molecule has 0 spiro atoms. The average Bonchev–Trinajstić information content (AvgIpc) is 3.27. The van der Waals surface area contributed by atoms with E-state index in [1.54, 1.807) is 45.1 Å². The lowest BCUT2D eigenvalue weighted by molar-refractivity contribution is -0.142. The van der Waals surface area contributed by atoms with Crippen LogP contribution in [0.4, 0.5) is 0 Å². The maximum Gasteiger partial charge on any atom is 0.317 e. The molecule has 1 aliphatic rings. The van der Waals surface area contributed by atoms with E-state index in [9.17, 15) is 19.5 Å². The number of aliphatic carboxylic acids is 1. The Morgan fingerprint density at radius 3 is 2.68 bits per heavy atom. The van der Waals surface area contributed by atoms with Gasteiger partial charge in [0, 0.05) is 17.6 Å². The molecule has 1 aliphatic heterocycles. The van der Waals surface area contributed by atoms with Crippen molar-refractivity contribution in [2.45, 2.75) is 33.6 Å². The SMILES string of the molecule is CC(=CSSc1nc2ccccc2s1)C1CC(c2cccc(C(=O)C(=O)NCC(Cl)(Cl)Cl)c2)N1CC(=O)O. The summed E-state index contributed by atoms with van der Waals surface area (Å²) in [4.78, 5) is 43.0. The number of nitrogens with zero attached hydrogens (tertiary/aromatic N) is 2. The first-order chi connectivity index (χ1) is 18.0. The number of hydrogen-bond donors (Lipinski definition) is 2. The number of benzene rings is 2. The number of halogens is 3. The quantitative estimate of drug-likeness (QED) is 0.113. The van der Waals surface area contributed by atoms with Crippen molar-refractivity contribution in [1.29, 1.82) is 0 Å². The van der Waals surface area contributed by atoms with Crippen molar-refractivity contribution in [3.05, 3.63) is 70.6 Å². The molecule has 4 rings (SSSR count). The smallest absolute Gasteiger partial charge is 0.317 e. The number of hydrogen-bond acceptors (Lipinski definition) is 8. The summed E-state index contributed by atoms with van der Waals surface area (Å²) >= 11 is 18.5. The van der Waals surface area contributed by atoms with Gasteiger partial charge in [0.15, 0.2) is 4.34 Å². The molecule has 2 unspecified atom stereocenters. The number of carbonyl (C=O) groups excluding carboxylic acids is 2. The van der Waals surface area contributed by atoms with Gasteiger partial charge in [0.1, 0.15) is 0 Å². The molecule has 38 heavy (non-hydrogen) atoms. The van der Waals surface area contributed by atoms with Crippen LogP contribution in [-0.4, -0.2) is 55.6 Å². The van der Waals surface area contributed by atoms with Gasteiger partial charge < -0.3 is 10.4 Å². The fourth-order valence-electron chi connectivity index (χ4n) is 4.10. The van der Waals surface area contributed by atoms with Gasteiger partial charge >= 0.3 is 5.97 Å². The van der Waals surface area contributed by atoms with Gasteiger partial charge in [0.2, 0.25) is 9.58 Å². The first kappa shape index (κ1) is 29.2. The van der Waals surface area contributed by atoms with Crippen LogP contribution in [-0.2, 0) is 9.59 Å². The third-order valence-electron chi connectivity index (χ3n) is 5.91. The van der Waals surface area contributed by atoms with Crippen molar-refractivity contribution in [1.82, 2.24) is 15.2 Å². The number of amides is 1. The molecule has 2 aromatic carbocycles. The van der Waals surface area contributed by atoms with E-state index in [-0.39, 0.29) is 30.7 Å². The number of carboxylic acids is 1. The summed E-state index contributed by atoms with van der Waals surface area (Å²) in [7, 11) is 3.12. The first-order valence-electron chi connectivity index (χ1n) is 11.3. The maximum absolute atomic E-state index is 12.6. The summed E-state index contributed by atoms with van der Waals surface area (Å²) < 4.78 is 0.370. The van der Waals surface area contributed by atoms with Crippen LogP contribution in [0.25, 0.3) is 10.2 Å². The Kier molecular flexibility index (Phi) is 9.67. The average molecular weight is 631 g/mol. The summed E-state index contributed by atoms with van der Waals surface area (Å²) in [6, 6.07) is 14.3. The molecule has 2 atom stereocenters. The summed E-state index contributed by atoms with van der Waals surface area (Å²) in [6.45, 7) is 1.52. The predicted molar refractivity (Wildman–Crippen MR) is 156 cm³/mol. The molecule has 1 amide bonds. The van der Waals surface area contributed by atoms with Crippen LogP contribution in [0.15, 0.2) is 63.9 Å². The Balaban J connectivity index is 1.42. The van der Waals surface area contributed by atoms with E-state index in [2.05, 4.69) is 10.3 Å². The Morgan fingerprint density at radius 1 is 1.21 bits per heavy atom. The highest BCUT2D eigenvalue weighted by atomic mass is 35.6. The lowest BCUT2D eigenvalue weighted by atomic mass is 9.83. The van der Waals surface area contributed by atoms with Crippen LogP contribution < -0.4 is 5.32 Å². The fraction of sp³-hybridized carbons (Fsp3) is 0.280. The molecule has 2 heterocycles. The molecule has 7 nitrogen and oxygen atoms in total. The van der Waals surface area contributed by atoms with E-state index in [1.807, 2.05) is 47.6 Å². The van der Waals surface area contributed by atoms with Crippen LogP contribution in [0.2, 0.25) is 0 Å². The van der Waals surface area contributed by atoms with Crippen LogP contribution in [0, 0.1) is 0 Å². The number of thiazole rings is 1. The normalized spacial score (nSPS) is 18.3. The lowest BCUT2D eigenvalue weighted by Crippen LogP contribution is -2.52. The van der Waals surface area contributed by atoms with Gasteiger partial charge in [-0.2, -0.15) is 0 Å². The Labute approximate surface area is 246 Å². The number of likely N-dealkylation sites (tertiary alicyclic amines) is 1. The number of Topliss-reactive ketones (excluding diaryl/α,β-unsaturated/α-hetero) is 1. The summed E-state index contributed by atoms with van der Waals surface area (Å²) in [6.07, 6.45) is 0.680. The third kappa shape index (κ3) is 7.44. The molecular weight excluding hydrogens is 609 g/mol. The molecule has 0 bridgehead atoms. The second kappa shape index (κ2) is 12.6. The highest BCUT2D eigenvalue weighted by molar-refractivity contribution is 8.78. The molecule has 2 N–H and O–H groups in total. The van der Waals surface area contributed by atoms with Crippen molar-refractivity contribution in [3.8, 4) is 0 Å². The lowest BCUT2D eigenvalue weighted by Gasteiger charge is -2.49. The van der Waals surface area contributed by atoms with Gasteiger partial charge in [-0.25, -0.2) is 4.98 Å². The number of nitrogens with one attached hydrogen (secondary N) is 1. The molecule has 0 aliphatic carbocycles. The molecule has 3 aromatic rings. The number of aromatic nitrogens is 1. The number of carboxylic acid groups (broad SMARTS) is 1. The molecular formula is C25H22Cl3N3O4S3. The van der Waals surface area contributed by atoms with Crippen molar-refractivity contribution in [2.75, 3.05) is 13.1 Å². The van der Waals surface area contributed by atoms with E-state index in [4.69, 9.17) is 34.8 Å². The van der Waals surface area contributed by atoms with Crippen molar-refractivity contribution in [3.63, 3.8) is 0 Å². The number of rotatable bonds is 10. The van der Waals surface area contributed by atoms with E-state index in [0.717, 1.165) is 25.7 Å². The second-order valence-electron chi connectivity index (χ2n) is 8.57. The largest absolute Gasteiger partial charge is 0.480 e. The van der Waals surface area contributed by atoms with Gasteiger partial charge in [-0.05, 0) is 58.9 Å². The van der Waals surface area contributed by atoms with Gasteiger partial charge in [0.25, 0.3) is 5.91 Å². The molecule has 1 saturated heterocycles. The molecule has 0 saturated carbocycles. The third-order valence-corrected chi connectivity index (χ3v) is 9.80. The van der Waals surface area contributed by atoms with Gasteiger partial charge in [0.05, 0.1) is 23.3 Å². The molecule has 13 heteroatoms. The van der Waals surface area contributed by atoms with Crippen molar-refractivity contribution >= 4 is 95.6 Å². The number of carbonyl (C=O) groups is 3. The summed E-state index contributed by atoms with van der Waals surface area (Å²) in [5.74, 6) is -2.59. The molecule has 200 valence electrons. The zero-order valence-corrected chi connectivity index (χ0v) is 24.6. The topological polar surface area (TPSA) is 99.6 Å². The van der Waals surface area contributed by atoms with Crippen LogP contribution in [0.1, 0.15) is 35.3 Å². The zero-order chi connectivity index (χ0) is 27.4.